The van der Waals surface area contributed by atoms with Gasteiger partial charge in [-0.1, -0.05) is 11.6 Å². The van der Waals surface area contributed by atoms with Gasteiger partial charge in [-0.3, -0.25) is 18.9 Å². The highest BCUT2D eigenvalue weighted by Gasteiger charge is 2.53. The van der Waals surface area contributed by atoms with E-state index in [-0.39, 0.29) is 11.5 Å². The lowest BCUT2D eigenvalue weighted by Crippen LogP contribution is -2.44. The summed E-state index contributed by atoms with van der Waals surface area (Å²) >= 11 is 5.92. The van der Waals surface area contributed by atoms with E-state index in [0.29, 0.717) is 55.6 Å². The third kappa shape index (κ3) is 2.82. The smallest absolute Gasteiger partial charge is 0.311 e. The molecule has 0 amide bonds. The Hall–Kier alpha value is -1.96. The Morgan fingerprint density at radius 2 is 2.32 bits per heavy atom. The highest BCUT2D eigenvalue weighted by Crippen LogP contribution is 2.42. The highest BCUT2D eigenvalue weighted by molar-refractivity contribution is 6.30. The number of carbonyl (C=O) groups is 1. The Labute approximate surface area is 148 Å². The molecule has 2 aromatic rings. The van der Waals surface area contributed by atoms with E-state index in [1.807, 2.05) is 0 Å². The molecule has 0 spiro atoms. The lowest BCUT2D eigenvalue weighted by Gasteiger charge is -2.34. The van der Waals surface area contributed by atoms with Gasteiger partial charge in [-0.2, -0.15) is 0 Å². The molecule has 0 aromatic carbocycles. The third-order valence-corrected chi connectivity index (χ3v) is 5.49. The van der Waals surface area contributed by atoms with Crippen LogP contribution in [0.5, 0.6) is 0 Å². The molecule has 2 fully saturated rings. The van der Waals surface area contributed by atoms with Gasteiger partial charge in [-0.25, -0.2) is 4.98 Å². The van der Waals surface area contributed by atoms with Crippen LogP contribution < -0.4 is 5.56 Å². The number of nitrogens with zero attached hydrogens (tertiary/aromatic N) is 3. The second-order valence-electron chi connectivity index (χ2n) is 6.81. The molecule has 25 heavy (non-hydrogen) atoms. The van der Waals surface area contributed by atoms with Gasteiger partial charge in [-0.15, -0.1) is 0 Å². The van der Waals surface area contributed by atoms with Gasteiger partial charge in [0, 0.05) is 44.4 Å². The first kappa shape index (κ1) is 16.5. The van der Waals surface area contributed by atoms with Crippen molar-refractivity contribution in [1.29, 1.82) is 0 Å². The molecule has 0 aliphatic carbocycles. The molecule has 0 bridgehead atoms. The number of fused-ring (bicyclic) bond motifs is 2. The summed E-state index contributed by atoms with van der Waals surface area (Å²) in [6.45, 7) is 2.48. The maximum absolute atomic E-state index is 12.3. The van der Waals surface area contributed by atoms with E-state index in [4.69, 9.17) is 16.3 Å². The number of rotatable bonds is 3. The van der Waals surface area contributed by atoms with Crippen molar-refractivity contribution >= 4 is 23.2 Å². The third-order valence-electron chi connectivity index (χ3n) is 5.27. The van der Waals surface area contributed by atoms with Crippen LogP contribution in [0.25, 0.3) is 5.65 Å². The van der Waals surface area contributed by atoms with Crippen LogP contribution >= 0.6 is 11.6 Å². The molecular formula is C17H18ClN3O4. The molecule has 8 heteroatoms. The molecule has 1 N–H and O–H groups in total. The Balaban J connectivity index is 1.61. The van der Waals surface area contributed by atoms with Crippen LogP contribution in [0.2, 0.25) is 5.02 Å². The van der Waals surface area contributed by atoms with Crippen LogP contribution in [0.1, 0.15) is 12.1 Å². The van der Waals surface area contributed by atoms with Gasteiger partial charge >= 0.3 is 5.97 Å². The molecule has 2 aliphatic heterocycles. The SMILES string of the molecule is O=C(O)[C@]12CCOC[C@H]1CN(Cc1cc(=O)n3cc(Cl)ccc3n1)C2. The van der Waals surface area contributed by atoms with Crippen LogP contribution in [0.4, 0.5) is 0 Å². The van der Waals surface area contributed by atoms with Crippen LogP contribution in [0.15, 0.2) is 29.2 Å². The van der Waals surface area contributed by atoms with Crippen LogP contribution in [0.3, 0.4) is 0 Å². The van der Waals surface area contributed by atoms with Crippen molar-refractivity contribution in [3.63, 3.8) is 0 Å². The Morgan fingerprint density at radius 3 is 3.08 bits per heavy atom. The number of ether oxygens (including phenoxy) is 1. The van der Waals surface area contributed by atoms with Crippen molar-refractivity contribution in [3.05, 3.63) is 45.5 Å². The molecule has 2 atom stereocenters. The topological polar surface area (TPSA) is 84.1 Å². The number of hydrogen-bond acceptors (Lipinski definition) is 5. The minimum atomic E-state index is -0.760. The van der Waals surface area contributed by atoms with E-state index in [1.54, 1.807) is 12.1 Å². The van der Waals surface area contributed by atoms with Crippen LogP contribution in [-0.2, 0) is 16.1 Å². The maximum atomic E-state index is 12.3. The first-order valence-corrected chi connectivity index (χ1v) is 8.57. The van der Waals surface area contributed by atoms with Crippen molar-refractivity contribution in [2.75, 3.05) is 26.3 Å². The van der Waals surface area contributed by atoms with Gasteiger partial charge in [0.05, 0.1) is 22.7 Å². The summed E-state index contributed by atoms with van der Waals surface area (Å²) in [5.74, 6) is -0.788. The average Bonchev–Trinajstić information content (AvgIpc) is 2.95. The normalized spacial score (nSPS) is 26.7. The number of likely N-dealkylation sites (tertiary alicyclic amines) is 1. The summed E-state index contributed by atoms with van der Waals surface area (Å²) in [6.07, 6.45) is 2.06. The van der Waals surface area contributed by atoms with Gasteiger partial charge in [-0.05, 0) is 18.6 Å². The van der Waals surface area contributed by atoms with Crippen molar-refractivity contribution in [1.82, 2.24) is 14.3 Å². The number of hydrogen-bond donors (Lipinski definition) is 1. The second-order valence-corrected chi connectivity index (χ2v) is 7.25. The van der Waals surface area contributed by atoms with E-state index in [9.17, 15) is 14.7 Å². The summed E-state index contributed by atoms with van der Waals surface area (Å²) in [5, 5.41) is 10.2. The van der Waals surface area contributed by atoms with E-state index >= 15 is 0 Å². The Kier molecular flexibility index (Phi) is 4.02. The van der Waals surface area contributed by atoms with Gasteiger partial charge in [0.2, 0.25) is 0 Å². The number of aliphatic carboxylic acids is 1. The van der Waals surface area contributed by atoms with Gasteiger partial charge in [0.15, 0.2) is 0 Å². The summed E-state index contributed by atoms with van der Waals surface area (Å²) < 4.78 is 6.88. The predicted octanol–water partition coefficient (Wildman–Crippen LogP) is 1.27. The fourth-order valence-electron chi connectivity index (χ4n) is 3.96. The van der Waals surface area contributed by atoms with E-state index in [2.05, 4.69) is 9.88 Å². The Bertz CT molecular complexity index is 899. The summed E-state index contributed by atoms with van der Waals surface area (Å²) in [6, 6.07) is 4.87. The molecule has 132 valence electrons. The number of halogens is 1. The lowest BCUT2D eigenvalue weighted by atomic mass is 9.74. The first-order chi connectivity index (χ1) is 12.0. The molecule has 2 saturated heterocycles. The molecule has 2 aromatic heterocycles. The molecule has 0 unspecified atom stereocenters. The molecular weight excluding hydrogens is 346 g/mol. The Morgan fingerprint density at radius 1 is 1.48 bits per heavy atom. The van der Waals surface area contributed by atoms with Gasteiger partial charge in [0.1, 0.15) is 5.65 Å². The van der Waals surface area contributed by atoms with Crippen molar-refractivity contribution in [3.8, 4) is 0 Å². The zero-order valence-corrected chi connectivity index (χ0v) is 14.3. The van der Waals surface area contributed by atoms with Crippen LogP contribution in [-0.4, -0.2) is 51.7 Å². The van der Waals surface area contributed by atoms with E-state index in [1.165, 1.54) is 16.7 Å². The molecule has 4 rings (SSSR count). The molecule has 2 aliphatic rings. The molecule has 7 nitrogen and oxygen atoms in total. The second kappa shape index (κ2) is 6.09. The summed E-state index contributed by atoms with van der Waals surface area (Å²) in [7, 11) is 0. The molecule has 4 heterocycles. The monoisotopic (exact) mass is 363 g/mol. The molecule has 0 saturated carbocycles. The van der Waals surface area contributed by atoms with E-state index < -0.39 is 11.4 Å². The number of carboxylic acids is 1. The first-order valence-electron chi connectivity index (χ1n) is 8.19. The standard InChI is InChI=1S/C17H18ClN3O4/c18-12-1-2-14-19-13(5-15(22)21(14)7-12)8-20-6-11-9-25-4-3-17(11,10-20)16(23)24/h1-2,5,7,11H,3-4,6,8-10H2,(H,23,24)/t11-,17+/m1/s1. The number of aromatic nitrogens is 2. The fourth-order valence-corrected chi connectivity index (χ4v) is 4.12. The zero-order chi connectivity index (χ0) is 17.6. The quantitative estimate of drug-likeness (QED) is 0.884. The van der Waals surface area contributed by atoms with E-state index in [0.717, 1.165) is 0 Å². The van der Waals surface area contributed by atoms with Crippen molar-refractivity contribution < 1.29 is 14.6 Å². The van der Waals surface area contributed by atoms with Gasteiger partial charge in [0.25, 0.3) is 5.56 Å². The minimum absolute atomic E-state index is 0.0286. The minimum Gasteiger partial charge on any atom is -0.481 e. The van der Waals surface area contributed by atoms with Crippen molar-refractivity contribution in [2.45, 2.75) is 13.0 Å². The largest absolute Gasteiger partial charge is 0.481 e. The van der Waals surface area contributed by atoms with Crippen molar-refractivity contribution in [2.24, 2.45) is 11.3 Å². The molecule has 0 radical (unpaired) electrons. The number of carboxylic acid groups (broad SMARTS) is 1. The predicted molar refractivity (Wildman–Crippen MR) is 90.7 cm³/mol. The van der Waals surface area contributed by atoms with Gasteiger partial charge < -0.3 is 9.84 Å². The summed E-state index contributed by atoms with van der Waals surface area (Å²) in [5.41, 5.74) is 0.208. The average molecular weight is 364 g/mol. The van der Waals surface area contributed by atoms with Crippen LogP contribution in [0, 0.1) is 11.3 Å². The zero-order valence-electron chi connectivity index (χ0n) is 13.5. The number of pyridine rings is 1. The fraction of sp³-hybridized carbons (Fsp3) is 0.471. The highest BCUT2D eigenvalue weighted by atomic mass is 35.5. The lowest BCUT2D eigenvalue weighted by molar-refractivity contribution is -0.157. The summed E-state index contributed by atoms with van der Waals surface area (Å²) in [4.78, 5) is 30.7. The maximum Gasteiger partial charge on any atom is 0.311 e.